The molecule has 0 saturated heterocycles. The lowest BCUT2D eigenvalue weighted by atomic mass is 10.3. The highest BCUT2D eigenvalue weighted by Gasteiger charge is 2.12. The monoisotopic (exact) mass is 289 g/mol. The standard InChI is InChI=1S/C12H11N5S2/c1-18-9-4-3-7(12(16-9)19-2)10-15-8-5-13-6-14-11(8)17-10/h3-6H,1-2H3,(H,13,14,15,17). The molecule has 0 atom stereocenters. The first kappa shape index (κ1) is 12.4. The smallest absolute Gasteiger partial charge is 0.181 e. The Kier molecular flexibility index (Phi) is 3.39. The van der Waals surface area contributed by atoms with Crippen LogP contribution in [0.5, 0.6) is 0 Å². The van der Waals surface area contributed by atoms with E-state index >= 15 is 0 Å². The third-order valence-corrected chi connectivity index (χ3v) is 4.00. The zero-order valence-corrected chi connectivity index (χ0v) is 12.0. The zero-order chi connectivity index (χ0) is 13.2. The summed E-state index contributed by atoms with van der Waals surface area (Å²) in [5.41, 5.74) is 2.49. The quantitative estimate of drug-likeness (QED) is 0.748. The number of H-pyrrole nitrogens is 1. The topological polar surface area (TPSA) is 67.3 Å². The SMILES string of the molecule is CSc1ccc(-c2nc3ncncc3[nH]2)c(SC)n1. The third kappa shape index (κ3) is 2.31. The van der Waals surface area contributed by atoms with Crippen LogP contribution in [0.2, 0.25) is 0 Å². The molecule has 0 fully saturated rings. The van der Waals surface area contributed by atoms with Gasteiger partial charge in [-0.1, -0.05) is 0 Å². The molecular weight excluding hydrogens is 278 g/mol. The molecule has 96 valence electrons. The first-order chi connectivity index (χ1) is 9.31. The van der Waals surface area contributed by atoms with E-state index in [4.69, 9.17) is 0 Å². The van der Waals surface area contributed by atoms with Gasteiger partial charge in [-0.2, -0.15) is 0 Å². The Morgan fingerprint density at radius 1 is 1.11 bits per heavy atom. The van der Waals surface area contributed by atoms with E-state index in [-0.39, 0.29) is 0 Å². The number of rotatable bonds is 3. The van der Waals surface area contributed by atoms with Gasteiger partial charge in [-0.25, -0.2) is 19.9 Å². The van der Waals surface area contributed by atoms with E-state index in [1.165, 1.54) is 6.33 Å². The van der Waals surface area contributed by atoms with Crippen LogP contribution in [-0.4, -0.2) is 37.4 Å². The molecule has 0 unspecified atom stereocenters. The Morgan fingerprint density at radius 2 is 2.00 bits per heavy atom. The lowest BCUT2D eigenvalue weighted by Crippen LogP contribution is -1.90. The predicted molar refractivity (Wildman–Crippen MR) is 78.5 cm³/mol. The fourth-order valence-electron chi connectivity index (χ4n) is 1.76. The first-order valence-electron chi connectivity index (χ1n) is 5.57. The summed E-state index contributed by atoms with van der Waals surface area (Å²) in [6.45, 7) is 0. The van der Waals surface area contributed by atoms with Crippen molar-refractivity contribution in [3.63, 3.8) is 0 Å². The molecule has 0 aliphatic carbocycles. The summed E-state index contributed by atoms with van der Waals surface area (Å²) in [6.07, 6.45) is 7.25. The Balaban J connectivity index is 2.15. The number of nitrogens with zero attached hydrogens (tertiary/aromatic N) is 4. The Labute approximate surface area is 118 Å². The molecular formula is C12H11N5S2. The van der Waals surface area contributed by atoms with Gasteiger partial charge in [0.25, 0.3) is 0 Å². The molecule has 0 aliphatic heterocycles. The van der Waals surface area contributed by atoms with Gasteiger partial charge in [-0.15, -0.1) is 23.5 Å². The number of hydrogen-bond donors (Lipinski definition) is 1. The minimum absolute atomic E-state index is 0.672. The van der Waals surface area contributed by atoms with Gasteiger partial charge >= 0.3 is 0 Å². The van der Waals surface area contributed by atoms with E-state index in [9.17, 15) is 0 Å². The van der Waals surface area contributed by atoms with Crippen LogP contribution in [0, 0.1) is 0 Å². The largest absolute Gasteiger partial charge is 0.335 e. The second-order valence-electron chi connectivity index (χ2n) is 3.76. The summed E-state index contributed by atoms with van der Waals surface area (Å²) in [4.78, 5) is 20.4. The summed E-state index contributed by atoms with van der Waals surface area (Å²) >= 11 is 3.24. The first-order valence-corrected chi connectivity index (χ1v) is 8.02. The molecule has 7 heteroatoms. The van der Waals surface area contributed by atoms with Crippen LogP contribution < -0.4 is 0 Å². The average molecular weight is 289 g/mol. The summed E-state index contributed by atoms with van der Waals surface area (Å²) in [5, 5.41) is 1.96. The summed E-state index contributed by atoms with van der Waals surface area (Å²) in [5.74, 6) is 0.778. The van der Waals surface area contributed by atoms with Crippen molar-refractivity contribution in [2.75, 3.05) is 12.5 Å². The number of aromatic amines is 1. The molecule has 0 spiro atoms. The number of fused-ring (bicyclic) bond motifs is 1. The van der Waals surface area contributed by atoms with E-state index in [0.29, 0.717) is 5.65 Å². The van der Waals surface area contributed by atoms with Crippen molar-refractivity contribution in [3.8, 4) is 11.4 Å². The molecule has 0 aliphatic rings. The van der Waals surface area contributed by atoms with Crippen molar-refractivity contribution in [1.29, 1.82) is 0 Å². The van der Waals surface area contributed by atoms with E-state index < -0.39 is 0 Å². The molecule has 0 amide bonds. The molecule has 3 heterocycles. The van der Waals surface area contributed by atoms with Crippen LogP contribution in [0.25, 0.3) is 22.6 Å². The normalized spacial score (nSPS) is 11.1. The van der Waals surface area contributed by atoms with E-state index in [1.54, 1.807) is 29.7 Å². The van der Waals surface area contributed by atoms with Crippen LogP contribution >= 0.6 is 23.5 Å². The van der Waals surface area contributed by atoms with Crippen LogP contribution in [-0.2, 0) is 0 Å². The highest BCUT2D eigenvalue weighted by atomic mass is 32.2. The lowest BCUT2D eigenvalue weighted by Gasteiger charge is -2.05. The van der Waals surface area contributed by atoms with E-state index in [1.807, 2.05) is 24.6 Å². The van der Waals surface area contributed by atoms with Crippen molar-refractivity contribution in [2.45, 2.75) is 10.1 Å². The number of thioether (sulfide) groups is 2. The Bertz CT molecular complexity index is 692. The second kappa shape index (κ2) is 5.18. The van der Waals surface area contributed by atoms with Crippen molar-refractivity contribution >= 4 is 34.7 Å². The molecule has 3 aromatic heterocycles. The number of hydrogen-bond acceptors (Lipinski definition) is 6. The maximum Gasteiger partial charge on any atom is 0.181 e. The van der Waals surface area contributed by atoms with Gasteiger partial charge in [-0.05, 0) is 24.6 Å². The van der Waals surface area contributed by atoms with Crippen LogP contribution in [0.15, 0.2) is 34.7 Å². The average Bonchev–Trinajstić information content (AvgIpc) is 2.90. The Morgan fingerprint density at radius 3 is 2.74 bits per heavy atom. The van der Waals surface area contributed by atoms with Gasteiger partial charge in [0, 0.05) is 5.56 Å². The highest BCUT2D eigenvalue weighted by molar-refractivity contribution is 7.99. The van der Waals surface area contributed by atoms with Crippen molar-refractivity contribution in [3.05, 3.63) is 24.7 Å². The summed E-state index contributed by atoms with van der Waals surface area (Å²) < 4.78 is 0. The zero-order valence-electron chi connectivity index (χ0n) is 10.4. The van der Waals surface area contributed by atoms with Crippen molar-refractivity contribution in [2.24, 2.45) is 0 Å². The van der Waals surface area contributed by atoms with Gasteiger partial charge in [0.15, 0.2) is 5.65 Å². The second-order valence-corrected chi connectivity index (χ2v) is 5.38. The van der Waals surface area contributed by atoms with Crippen LogP contribution in [0.1, 0.15) is 0 Å². The molecule has 3 rings (SSSR count). The highest BCUT2D eigenvalue weighted by Crippen LogP contribution is 2.29. The van der Waals surface area contributed by atoms with E-state index in [2.05, 4.69) is 24.9 Å². The molecule has 5 nitrogen and oxygen atoms in total. The molecule has 19 heavy (non-hydrogen) atoms. The van der Waals surface area contributed by atoms with Gasteiger partial charge < -0.3 is 4.98 Å². The fraction of sp³-hybridized carbons (Fsp3) is 0.167. The number of aromatic nitrogens is 5. The maximum absolute atomic E-state index is 4.59. The molecule has 0 saturated carbocycles. The van der Waals surface area contributed by atoms with Gasteiger partial charge in [0.2, 0.25) is 0 Å². The molecule has 0 bridgehead atoms. The van der Waals surface area contributed by atoms with Crippen molar-refractivity contribution in [1.82, 2.24) is 24.9 Å². The molecule has 0 radical (unpaired) electrons. The van der Waals surface area contributed by atoms with Crippen LogP contribution in [0.3, 0.4) is 0 Å². The Hall–Kier alpha value is -1.60. The summed E-state index contributed by atoms with van der Waals surface area (Å²) in [6, 6.07) is 4.04. The van der Waals surface area contributed by atoms with Crippen molar-refractivity contribution < 1.29 is 0 Å². The third-order valence-electron chi connectivity index (χ3n) is 2.65. The van der Waals surface area contributed by atoms with Gasteiger partial charge in [-0.3, -0.25) is 0 Å². The number of imidazole rings is 1. The van der Waals surface area contributed by atoms with Gasteiger partial charge in [0.05, 0.1) is 11.2 Å². The maximum atomic E-state index is 4.59. The molecule has 0 aromatic carbocycles. The predicted octanol–water partition coefficient (Wildman–Crippen LogP) is 2.86. The minimum atomic E-state index is 0.672. The summed E-state index contributed by atoms with van der Waals surface area (Å²) in [7, 11) is 0. The van der Waals surface area contributed by atoms with Crippen LogP contribution in [0.4, 0.5) is 0 Å². The lowest BCUT2D eigenvalue weighted by molar-refractivity contribution is 1.01. The van der Waals surface area contributed by atoms with E-state index in [0.717, 1.165) is 27.0 Å². The van der Waals surface area contributed by atoms with Gasteiger partial charge in [0.1, 0.15) is 22.7 Å². The minimum Gasteiger partial charge on any atom is -0.335 e. The fourth-order valence-corrected chi connectivity index (χ4v) is 2.78. The number of pyridine rings is 1. The molecule has 1 N–H and O–H groups in total. The molecule has 3 aromatic rings. The number of nitrogens with one attached hydrogen (secondary N) is 1.